The summed E-state index contributed by atoms with van der Waals surface area (Å²) in [5.74, 6) is 0. The van der Waals surface area contributed by atoms with Crippen LogP contribution in [0.5, 0.6) is 0 Å². The Hall–Kier alpha value is -1.35. The summed E-state index contributed by atoms with van der Waals surface area (Å²) in [6, 6.07) is 2.64. The van der Waals surface area contributed by atoms with E-state index in [1.807, 2.05) is 0 Å². The Kier molecular flexibility index (Phi) is 2.38. The summed E-state index contributed by atoms with van der Waals surface area (Å²) in [6.07, 6.45) is -3.78. The van der Waals surface area contributed by atoms with Crippen LogP contribution in [-0.2, 0) is 6.18 Å². The maximum atomic E-state index is 12.1. The van der Waals surface area contributed by atoms with E-state index in [4.69, 9.17) is 5.26 Å². The Morgan fingerprint density at radius 3 is 2.46 bits per heavy atom. The lowest BCUT2D eigenvalue weighted by Gasteiger charge is -2.05. The fourth-order valence-electron chi connectivity index (χ4n) is 0.758. The summed E-state index contributed by atoms with van der Waals surface area (Å²) in [7, 11) is 0. The molecular weight excluding hydrogens is 201 g/mol. The smallest absolute Gasteiger partial charge is 0.352 e. The zero-order valence-electron chi connectivity index (χ0n) is 6.14. The van der Waals surface area contributed by atoms with Crippen molar-refractivity contribution in [3.63, 3.8) is 0 Å². The van der Waals surface area contributed by atoms with E-state index in [1.165, 1.54) is 0 Å². The van der Waals surface area contributed by atoms with Crippen molar-refractivity contribution in [2.24, 2.45) is 0 Å². The van der Waals surface area contributed by atoms with Crippen molar-refractivity contribution in [3.8, 4) is 6.07 Å². The first-order valence-corrected chi connectivity index (χ1v) is 3.56. The zero-order chi connectivity index (χ0) is 10.1. The second kappa shape index (κ2) is 3.18. The number of pyridine rings is 1. The first-order chi connectivity index (χ1) is 5.95. The first kappa shape index (κ1) is 9.74. The molecule has 0 aliphatic heterocycles. The fraction of sp³-hybridized carbons (Fsp3) is 0.143. The van der Waals surface area contributed by atoms with E-state index < -0.39 is 11.7 Å². The summed E-state index contributed by atoms with van der Waals surface area (Å²) in [5, 5.41) is 8.35. The molecule has 68 valence electrons. The molecule has 1 heterocycles. The molecule has 6 heteroatoms. The highest BCUT2D eigenvalue weighted by Gasteiger charge is 2.32. The third-order valence-corrected chi connectivity index (χ3v) is 1.68. The molecule has 0 saturated carbocycles. The van der Waals surface area contributed by atoms with Crippen molar-refractivity contribution in [1.29, 1.82) is 5.26 Å². The number of nitriles is 1. The topological polar surface area (TPSA) is 39.6 Å². The molecule has 0 saturated heterocycles. The van der Waals surface area contributed by atoms with Crippen LogP contribution in [0.3, 0.4) is 0 Å². The van der Waals surface area contributed by atoms with Gasteiger partial charge in [-0.05, 0) is 6.07 Å². The van der Waals surface area contributed by atoms with Crippen LogP contribution in [-0.4, -0.2) is 4.98 Å². The predicted molar refractivity (Wildman–Crippen MR) is 41.3 cm³/mol. The summed E-state index contributed by atoms with van der Waals surface area (Å²) >= 11 is 4.46. The Labute approximate surface area is 76.6 Å². The SMILES string of the molecule is N#Cc1cc(=S)c(C(F)(F)F)c[nH]1. The number of alkyl halides is 3. The van der Waals surface area contributed by atoms with Gasteiger partial charge < -0.3 is 4.98 Å². The molecule has 2 nitrogen and oxygen atoms in total. The van der Waals surface area contributed by atoms with Crippen molar-refractivity contribution >= 4 is 12.2 Å². The van der Waals surface area contributed by atoms with E-state index in [-0.39, 0.29) is 10.2 Å². The van der Waals surface area contributed by atoms with Crippen molar-refractivity contribution in [3.05, 3.63) is 28.0 Å². The summed E-state index contributed by atoms with van der Waals surface area (Å²) < 4.78 is 36.0. The highest BCUT2D eigenvalue weighted by molar-refractivity contribution is 7.71. The van der Waals surface area contributed by atoms with Gasteiger partial charge in [0.15, 0.2) is 0 Å². The normalized spacial score (nSPS) is 10.9. The van der Waals surface area contributed by atoms with Gasteiger partial charge in [0, 0.05) is 6.20 Å². The standard InChI is InChI=1S/C7H3F3N2S/c8-7(9,10)5-3-12-4(2-11)1-6(5)13/h1,3H,(H,12,13). The number of rotatable bonds is 0. The number of nitrogens with zero attached hydrogens (tertiary/aromatic N) is 1. The van der Waals surface area contributed by atoms with E-state index in [2.05, 4.69) is 17.2 Å². The minimum atomic E-state index is -4.47. The molecule has 0 fully saturated rings. The third kappa shape index (κ3) is 2.06. The second-order valence-corrected chi connectivity index (χ2v) is 2.67. The van der Waals surface area contributed by atoms with Crippen LogP contribution < -0.4 is 0 Å². The van der Waals surface area contributed by atoms with Crippen molar-refractivity contribution in [2.45, 2.75) is 6.18 Å². The van der Waals surface area contributed by atoms with Gasteiger partial charge in [-0.25, -0.2) is 0 Å². The maximum Gasteiger partial charge on any atom is 0.419 e. The lowest BCUT2D eigenvalue weighted by atomic mass is 10.2. The minimum Gasteiger partial charge on any atom is -0.352 e. The Morgan fingerprint density at radius 1 is 1.46 bits per heavy atom. The molecule has 0 unspecified atom stereocenters. The Bertz CT molecular complexity index is 413. The van der Waals surface area contributed by atoms with Crippen LogP contribution in [0.4, 0.5) is 13.2 Å². The molecule has 0 aliphatic rings. The van der Waals surface area contributed by atoms with Gasteiger partial charge >= 0.3 is 6.18 Å². The van der Waals surface area contributed by atoms with Crippen LogP contribution in [0.25, 0.3) is 0 Å². The Balaban J connectivity index is 3.32. The summed E-state index contributed by atoms with van der Waals surface area (Å²) in [6.45, 7) is 0. The van der Waals surface area contributed by atoms with Gasteiger partial charge in [0.1, 0.15) is 11.8 Å². The molecule has 0 spiro atoms. The van der Waals surface area contributed by atoms with Gasteiger partial charge in [0.05, 0.1) is 10.1 Å². The van der Waals surface area contributed by atoms with Crippen LogP contribution >= 0.6 is 12.2 Å². The average Bonchev–Trinajstić information content (AvgIpc) is 2.01. The number of hydrogen-bond donors (Lipinski definition) is 1. The average molecular weight is 204 g/mol. The largest absolute Gasteiger partial charge is 0.419 e. The minimum absolute atomic E-state index is 0.0120. The summed E-state index contributed by atoms with van der Waals surface area (Å²) in [5.41, 5.74) is -0.917. The van der Waals surface area contributed by atoms with Gasteiger partial charge in [-0.2, -0.15) is 18.4 Å². The highest BCUT2D eigenvalue weighted by atomic mass is 32.1. The molecule has 0 aliphatic carbocycles. The molecule has 1 aromatic rings. The van der Waals surface area contributed by atoms with Crippen molar-refractivity contribution < 1.29 is 13.2 Å². The van der Waals surface area contributed by atoms with Crippen molar-refractivity contribution in [1.82, 2.24) is 4.98 Å². The van der Waals surface area contributed by atoms with Crippen LogP contribution in [0.1, 0.15) is 11.3 Å². The maximum absolute atomic E-state index is 12.1. The molecule has 1 rings (SSSR count). The van der Waals surface area contributed by atoms with Gasteiger partial charge in [-0.15, -0.1) is 0 Å². The Morgan fingerprint density at radius 2 is 2.08 bits per heavy atom. The predicted octanol–water partition coefficient (Wildman–Crippen LogP) is 2.63. The molecule has 0 atom stereocenters. The second-order valence-electron chi connectivity index (χ2n) is 2.23. The molecule has 13 heavy (non-hydrogen) atoms. The number of aromatic nitrogens is 1. The van der Waals surface area contributed by atoms with Gasteiger partial charge in [0.25, 0.3) is 0 Å². The number of aromatic amines is 1. The zero-order valence-corrected chi connectivity index (χ0v) is 6.96. The van der Waals surface area contributed by atoms with E-state index >= 15 is 0 Å². The quantitative estimate of drug-likeness (QED) is 0.660. The van der Waals surface area contributed by atoms with E-state index in [1.54, 1.807) is 6.07 Å². The molecule has 0 aromatic carbocycles. The molecule has 1 N–H and O–H groups in total. The van der Waals surface area contributed by atoms with Crippen LogP contribution in [0, 0.1) is 15.8 Å². The van der Waals surface area contributed by atoms with E-state index in [9.17, 15) is 13.2 Å². The van der Waals surface area contributed by atoms with Crippen LogP contribution in [0.2, 0.25) is 0 Å². The van der Waals surface area contributed by atoms with E-state index in [0.717, 1.165) is 6.07 Å². The molecule has 0 amide bonds. The summed E-state index contributed by atoms with van der Waals surface area (Å²) in [4.78, 5) is 2.19. The third-order valence-electron chi connectivity index (χ3n) is 1.34. The number of halogens is 3. The van der Waals surface area contributed by atoms with E-state index in [0.29, 0.717) is 6.20 Å². The molecule has 0 radical (unpaired) electrons. The van der Waals surface area contributed by atoms with Gasteiger partial charge in [-0.1, -0.05) is 12.2 Å². The molecular formula is C7H3F3N2S. The number of hydrogen-bond acceptors (Lipinski definition) is 2. The van der Waals surface area contributed by atoms with Crippen LogP contribution in [0.15, 0.2) is 12.3 Å². The number of nitrogens with one attached hydrogen (secondary N) is 1. The highest BCUT2D eigenvalue weighted by Crippen LogP contribution is 2.29. The first-order valence-electron chi connectivity index (χ1n) is 3.15. The monoisotopic (exact) mass is 204 g/mol. The lowest BCUT2D eigenvalue weighted by Crippen LogP contribution is -2.06. The molecule has 1 aromatic heterocycles. The van der Waals surface area contributed by atoms with Gasteiger partial charge in [-0.3, -0.25) is 0 Å². The van der Waals surface area contributed by atoms with Gasteiger partial charge in [0.2, 0.25) is 0 Å². The number of H-pyrrole nitrogens is 1. The lowest BCUT2D eigenvalue weighted by molar-refractivity contribution is -0.138. The fourth-order valence-corrected chi connectivity index (χ4v) is 1.05. The molecule has 0 bridgehead atoms. The van der Waals surface area contributed by atoms with Crippen molar-refractivity contribution in [2.75, 3.05) is 0 Å².